The average molecular weight is 672 g/mol. The molecular formula is C36H45ClF3N5O2. The molecule has 2 unspecified atom stereocenters. The van der Waals surface area contributed by atoms with E-state index in [1.807, 2.05) is 36.2 Å². The molecule has 0 bridgehead atoms. The number of ether oxygens (including phenoxy) is 1. The van der Waals surface area contributed by atoms with Gasteiger partial charge in [-0.05, 0) is 71.2 Å². The number of carbonyl (C=O) groups excluding carboxylic acids is 1. The molecule has 1 amide bonds. The minimum atomic E-state index is -1.50. The van der Waals surface area contributed by atoms with Crippen LogP contribution in [0.5, 0.6) is 0 Å². The number of fused-ring (bicyclic) bond motifs is 2. The Balaban J connectivity index is 1.27. The van der Waals surface area contributed by atoms with Gasteiger partial charge in [0, 0.05) is 73.4 Å². The van der Waals surface area contributed by atoms with Gasteiger partial charge in [-0.25, -0.2) is 13.2 Å². The fourth-order valence-electron chi connectivity index (χ4n) is 8.06. The first-order valence-electron chi connectivity index (χ1n) is 16.5. The molecule has 4 aliphatic heterocycles. The molecule has 0 radical (unpaired) electrons. The molecule has 0 aliphatic carbocycles. The minimum Gasteiger partial charge on any atom is -0.360 e. The van der Waals surface area contributed by atoms with E-state index in [9.17, 15) is 13.6 Å². The van der Waals surface area contributed by atoms with Crippen LogP contribution >= 0.6 is 11.6 Å². The number of benzene rings is 1. The van der Waals surface area contributed by atoms with Crippen LogP contribution in [0.15, 0.2) is 35.1 Å². The van der Waals surface area contributed by atoms with E-state index in [4.69, 9.17) is 21.3 Å². The first-order chi connectivity index (χ1) is 22.0. The monoisotopic (exact) mass is 671 g/mol. The number of aryl methyl sites for hydroxylation is 1. The summed E-state index contributed by atoms with van der Waals surface area (Å²) >= 11 is 6.64. The molecule has 7 nitrogen and oxygen atoms in total. The van der Waals surface area contributed by atoms with Gasteiger partial charge in [0.2, 0.25) is 5.91 Å². The lowest BCUT2D eigenvalue weighted by Gasteiger charge is -2.47. The van der Waals surface area contributed by atoms with Crippen LogP contribution in [0.1, 0.15) is 94.8 Å². The standard InChI is InChI=1S/C36H45ClF3N5O2/c1-21-26(37)19-24-31(42-21)36(47-32(24)35(5,6)28-9-8-15-41-43(28)7)13-17-44(18-14-36)33(46)23-12-16-45(34(2,3)4)20-25(23)22-10-11-27(38)30(40)29(22)39/h9-11,15,19,23,25,32H,8,12-14,16-18,20H2,1-7H3/t23?,25-,32?/m0/s1. The predicted octanol–water partition coefficient (Wildman–Crippen LogP) is 7.49. The number of aromatic nitrogens is 1. The zero-order valence-corrected chi connectivity index (χ0v) is 29.1. The molecule has 11 heteroatoms. The van der Waals surface area contributed by atoms with Crippen LogP contribution in [0, 0.1) is 35.7 Å². The van der Waals surface area contributed by atoms with E-state index in [-0.39, 0.29) is 23.1 Å². The zero-order chi connectivity index (χ0) is 34.1. The Hall–Kier alpha value is -2.95. The van der Waals surface area contributed by atoms with Gasteiger partial charge in [-0.2, -0.15) is 5.10 Å². The third-order valence-corrected chi connectivity index (χ3v) is 11.2. The topological polar surface area (TPSA) is 61.3 Å². The molecular weight excluding hydrogens is 627 g/mol. The summed E-state index contributed by atoms with van der Waals surface area (Å²) in [4.78, 5) is 23.3. The van der Waals surface area contributed by atoms with Crippen molar-refractivity contribution in [2.75, 3.05) is 33.2 Å². The normalized spacial score (nSPS) is 24.9. The second-order valence-corrected chi connectivity index (χ2v) is 15.5. The molecule has 1 aromatic heterocycles. The van der Waals surface area contributed by atoms with E-state index < -0.39 is 40.3 Å². The van der Waals surface area contributed by atoms with Crippen LogP contribution in [0.4, 0.5) is 13.2 Å². The van der Waals surface area contributed by atoms with E-state index in [0.717, 1.165) is 35.1 Å². The Labute approximate surface area is 280 Å². The number of nitrogens with zero attached hydrogens (tertiary/aromatic N) is 5. The van der Waals surface area contributed by atoms with Gasteiger partial charge in [-0.1, -0.05) is 37.6 Å². The van der Waals surface area contributed by atoms with Crippen molar-refractivity contribution in [1.29, 1.82) is 0 Å². The number of rotatable bonds is 4. The van der Waals surface area contributed by atoms with Gasteiger partial charge in [-0.3, -0.25) is 19.7 Å². The molecule has 3 atom stereocenters. The highest BCUT2D eigenvalue weighted by Gasteiger charge is 2.54. The van der Waals surface area contributed by atoms with E-state index in [1.165, 1.54) is 6.07 Å². The second-order valence-electron chi connectivity index (χ2n) is 15.1. The Morgan fingerprint density at radius 1 is 1.04 bits per heavy atom. The predicted molar refractivity (Wildman–Crippen MR) is 177 cm³/mol. The van der Waals surface area contributed by atoms with Crippen molar-refractivity contribution in [2.24, 2.45) is 16.4 Å². The Kier molecular flexibility index (Phi) is 8.79. The maximum atomic E-state index is 15.2. The highest BCUT2D eigenvalue weighted by Crippen LogP contribution is 2.57. The van der Waals surface area contributed by atoms with Crippen molar-refractivity contribution >= 4 is 23.7 Å². The number of hydrogen-bond donors (Lipinski definition) is 0. The molecule has 1 spiro atoms. The summed E-state index contributed by atoms with van der Waals surface area (Å²) in [5, 5.41) is 6.98. The van der Waals surface area contributed by atoms with Crippen molar-refractivity contribution in [3.05, 3.63) is 75.0 Å². The molecule has 5 heterocycles. The number of halogens is 4. The summed E-state index contributed by atoms with van der Waals surface area (Å²) in [6.45, 7) is 14.2. The van der Waals surface area contributed by atoms with Crippen molar-refractivity contribution in [3.8, 4) is 0 Å². The number of allylic oxidation sites excluding steroid dienone is 1. The van der Waals surface area contributed by atoms with Crippen LogP contribution < -0.4 is 0 Å². The first kappa shape index (κ1) is 33.9. The number of pyridine rings is 1. The summed E-state index contributed by atoms with van der Waals surface area (Å²) in [5.41, 5.74) is 2.25. The molecule has 6 rings (SSSR count). The summed E-state index contributed by atoms with van der Waals surface area (Å²) in [5.74, 6) is -5.23. The summed E-state index contributed by atoms with van der Waals surface area (Å²) < 4.78 is 50.7. The summed E-state index contributed by atoms with van der Waals surface area (Å²) in [6, 6.07) is 4.23. The first-order valence-corrected chi connectivity index (χ1v) is 16.9. The molecule has 4 aliphatic rings. The molecule has 254 valence electrons. The van der Waals surface area contributed by atoms with Crippen LogP contribution in [0.25, 0.3) is 0 Å². The average Bonchev–Trinajstić information content (AvgIpc) is 3.32. The van der Waals surface area contributed by atoms with Crippen molar-refractivity contribution in [1.82, 2.24) is 19.8 Å². The number of piperidine rings is 2. The third-order valence-electron chi connectivity index (χ3n) is 10.8. The fraction of sp³-hybridized carbons (Fsp3) is 0.583. The molecule has 1 aromatic carbocycles. The highest BCUT2D eigenvalue weighted by atomic mass is 35.5. The van der Waals surface area contributed by atoms with Gasteiger partial charge in [0.05, 0.1) is 22.5 Å². The Bertz CT molecular complexity index is 1630. The minimum absolute atomic E-state index is 0.0469. The van der Waals surface area contributed by atoms with Crippen molar-refractivity contribution in [3.63, 3.8) is 0 Å². The molecule has 47 heavy (non-hydrogen) atoms. The van der Waals surface area contributed by atoms with Crippen LogP contribution in [0.3, 0.4) is 0 Å². The SMILES string of the molecule is Cc1nc2c(cc1Cl)C(C(C)(C)C1=CCC=NN1C)OC21CCN(C(=O)C2CCN(C(C)(C)C)C[C@H]2c2ccc(F)c(F)c2F)CC1. The van der Waals surface area contributed by atoms with Gasteiger partial charge in [0.25, 0.3) is 0 Å². The van der Waals surface area contributed by atoms with Gasteiger partial charge in [-0.15, -0.1) is 0 Å². The lowest BCUT2D eigenvalue weighted by atomic mass is 9.77. The number of likely N-dealkylation sites (tertiary alicyclic amines) is 2. The Morgan fingerprint density at radius 3 is 2.40 bits per heavy atom. The molecule has 2 aromatic rings. The van der Waals surface area contributed by atoms with Gasteiger partial charge >= 0.3 is 0 Å². The second kappa shape index (κ2) is 12.2. The van der Waals surface area contributed by atoms with E-state index >= 15 is 4.39 Å². The molecule has 2 saturated heterocycles. The van der Waals surface area contributed by atoms with Crippen molar-refractivity contribution < 1.29 is 22.7 Å². The molecule has 0 N–H and O–H groups in total. The quantitative estimate of drug-likeness (QED) is 0.316. The van der Waals surface area contributed by atoms with Gasteiger partial charge < -0.3 is 9.64 Å². The maximum Gasteiger partial charge on any atom is 0.226 e. The fourth-order valence-corrected chi connectivity index (χ4v) is 8.22. The molecule has 0 saturated carbocycles. The third kappa shape index (κ3) is 5.88. The number of amides is 1. The largest absolute Gasteiger partial charge is 0.360 e. The number of carbonyl (C=O) groups is 1. The number of hydrogen-bond acceptors (Lipinski definition) is 6. The van der Waals surface area contributed by atoms with Crippen LogP contribution in [0.2, 0.25) is 5.02 Å². The van der Waals surface area contributed by atoms with Crippen LogP contribution in [-0.4, -0.2) is 70.7 Å². The zero-order valence-electron chi connectivity index (χ0n) is 28.3. The lowest BCUT2D eigenvalue weighted by molar-refractivity contribution is -0.157. The van der Waals surface area contributed by atoms with Gasteiger partial charge in [0.1, 0.15) is 5.60 Å². The van der Waals surface area contributed by atoms with Crippen molar-refractivity contribution in [2.45, 2.75) is 90.4 Å². The maximum absolute atomic E-state index is 15.2. The van der Waals surface area contributed by atoms with Gasteiger partial charge in [0.15, 0.2) is 17.5 Å². The smallest absolute Gasteiger partial charge is 0.226 e. The highest BCUT2D eigenvalue weighted by molar-refractivity contribution is 6.31. The summed E-state index contributed by atoms with van der Waals surface area (Å²) in [6.07, 6.45) is 5.99. The summed E-state index contributed by atoms with van der Waals surface area (Å²) in [7, 11) is 1.94. The lowest BCUT2D eigenvalue weighted by Crippen LogP contribution is -2.54. The molecule has 2 fully saturated rings. The van der Waals surface area contributed by atoms with E-state index in [0.29, 0.717) is 50.5 Å². The van der Waals surface area contributed by atoms with E-state index in [1.54, 1.807) is 0 Å². The Morgan fingerprint density at radius 2 is 1.74 bits per heavy atom. The number of hydrazone groups is 1. The van der Waals surface area contributed by atoms with Crippen LogP contribution in [-0.2, 0) is 15.1 Å². The van der Waals surface area contributed by atoms with E-state index in [2.05, 4.69) is 50.7 Å².